The minimum Gasteiger partial charge on any atom is -0.468 e. The normalized spacial score (nSPS) is 11.1. The molecule has 0 aliphatic rings. The number of esters is 1. The third-order valence-electron chi connectivity index (χ3n) is 3.34. The number of hydrogen-bond donors (Lipinski definition) is 1. The van der Waals surface area contributed by atoms with Gasteiger partial charge in [0.15, 0.2) is 0 Å². The van der Waals surface area contributed by atoms with E-state index in [9.17, 15) is 13.2 Å². The lowest BCUT2D eigenvalue weighted by Gasteiger charge is -2.24. The number of sulfonamides is 1. The molecule has 0 saturated carbocycles. The van der Waals surface area contributed by atoms with Gasteiger partial charge in [0.1, 0.15) is 6.54 Å². The number of methoxy groups -OCH3 is 1. The van der Waals surface area contributed by atoms with Gasteiger partial charge in [0, 0.05) is 11.4 Å². The maximum Gasteiger partial charge on any atom is 0.325 e. The van der Waals surface area contributed by atoms with Gasteiger partial charge in [0.05, 0.1) is 12.0 Å². The van der Waals surface area contributed by atoms with E-state index in [2.05, 4.69) is 0 Å². The monoisotopic (exact) mass is 334 g/mol. The van der Waals surface area contributed by atoms with Crippen molar-refractivity contribution in [3.63, 3.8) is 0 Å². The van der Waals surface area contributed by atoms with Crippen LogP contribution in [0.2, 0.25) is 0 Å². The Balaban J connectivity index is 2.40. The van der Waals surface area contributed by atoms with Gasteiger partial charge in [-0.15, -0.1) is 0 Å². The van der Waals surface area contributed by atoms with Crippen molar-refractivity contribution >= 4 is 27.4 Å². The third kappa shape index (κ3) is 4.30. The number of rotatable bonds is 5. The SMILES string of the molecule is COC(=O)CN(c1ccc(C)cc1)c1ccc(S(N)(=O)=O)cc1. The molecule has 2 N–H and O–H groups in total. The molecule has 0 amide bonds. The average molecular weight is 334 g/mol. The minimum atomic E-state index is -3.75. The quantitative estimate of drug-likeness (QED) is 0.844. The molecule has 7 heteroatoms. The standard InChI is InChI=1S/C16H18N2O4S/c1-12-3-5-13(6-4-12)18(11-16(19)22-2)14-7-9-15(10-8-14)23(17,20)21/h3-10H,11H2,1-2H3,(H2,17,20,21). The van der Waals surface area contributed by atoms with Crippen LogP contribution in [-0.4, -0.2) is 28.0 Å². The summed E-state index contributed by atoms with van der Waals surface area (Å²) in [5, 5.41) is 5.10. The second-order valence-corrected chi connectivity index (χ2v) is 6.60. The predicted molar refractivity (Wildman–Crippen MR) is 88.0 cm³/mol. The first kappa shape index (κ1) is 17.0. The Kier molecular flexibility index (Phi) is 5.02. The Hall–Kier alpha value is -2.38. The van der Waals surface area contributed by atoms with Gasteiger partial charge in [0.25, 0.3) is 0 Å². The van der Waals surface area contributed by atoms with E-state index in [4.69, 9.17) is 9.88 Å². The van der Waals surface area contributed by atoms with Gasteiger partial charge in [-0.25, -0.2) is 13.6 Å². The number of carbonyl (C=O) groups excluding carboxylic acids is 1. The molecule has 0 unspecified atom stereocenters. The van der Waals surface area contributed by atoms with E-state index in [1.807, 2.05) is 31.2 Å². The predicted octanol–water partition coefficient (Wildman–Crippen LogP) is 1.95. The van der Waals surface area contributed by atoms with E-state index in [1.54, 1.807) is 17.0 Å². The van der Waals surface area contributed by atoms with Gasteiger partial charge in [-0.05, 0) is 43.3 Å². The molecule has 0 aliphatic carbocycles. The van der Waals surface area contributed by atoms with Crippen LogP contribution in [-0.2, 0) is 19.6 Å². The fourth-order valence-electron chi connectivity index (χ4n) is 2.07. The lowest BCUT2D eigenvalue weighted by atomic mass is 10.2. The first-order chi connectivity index (χ1) is 10.8. The highest BCUT2D eigenvalue weighted by atomic mass is 32.2. The molecule has 2 aromatic carbocycles. The van der Waals surface area contributed by atoms with E-state index >= 15 is 0 Å². The molecule has 2 rings (SSSR count). The minimum absolute atomic E-state index is 0.00822. The van der Waals surface area contributed by atoms with Crippen LogP contribution in [0.3, 0.4) is 0 Å². The molecule has 0 radical (unpaired) electrons. The smallest absolute Gasteiger partial charge is 0.325 e. The van der Waals surface area contributed by atoms with E-state index in [0.29, 0.717) is 5.69 Å². The van der Waals surface area contributed by atoms with Gasteiger partial charge >= 0.3 is 5.97 Å². The molecule has 0 fully saturated rings. The molecule has 2 aromatic rings. The van der Waals surface area contributed by atoms with Crippen LogP contribution in [0.15, 0.2) is 53.4 Å². The van der Waals surface area contributed by atoms with Crippen molar-refractivity contribution in [2.45, 2.75) is 11.8 Å². The molecule has 122 valence electrons. The van der Waals surface area contributed by atoms with Gasteiger partial charge in [-0.2, -0.15) is 0 Å². The van der Waals surface area contributed by atoms with E-state index in [1.165, 1.54) is 19.2 Å². The van der Waals surface area contributed by atoms with E-state index in [0.717, 1.165) is 11.3 Å². The number of primary sulfonamides is 1. The summed E-state index contributed by atoms with van der Waals surface area (Å²) >= 11 is 0. The fraction of sp³-hybridized carbons (Fsp3) is 0.188. The van der Waals surface area contributed by atoms with Crippen LogP contribution >= 0.6 is 0 Å². The van der Waals surface area contributed by atoms with Gasteiger partial charge < -0.3 is 9.64 Å². The van der Waals surface area contributed by atoms with Crippen molar-refractivity contribution in [2.75, 3.05) is 18.6 Å². The first-order valence-corrected chi connectivity index (χ1v) is 8.40. The van der Waals surface area contributed by atoms with Crippen LogP contribution < -0.4 is 10.0 Å². The number of ether oxygens (including phenoxy) is 1. The van der Waals surface area contributed by atoms with Crippen LogP contribution in [0.4, 0.5) is 11.4 Å². The summed E-state index contributed by atoms with van der Waals surface area (Å²) in [5.74, 6) is -0.402. The van der Waals surface area contributed by atoms with Crippen LogP contribution in [0.1, 0.15) is 5.56 Å². The summed E-state index contributed by atoms with van der Waals surface area (Å²) in [7, 11) is -2.43. The zero-order chi connectivity index (χ0) is 17.0. The second-order valence-electron chi connectivity index (χ2n) is 5.04. The third-order valence-corrected chi connectivity index (χ3v) is 4.27. The fourth-order valence-corrected chi connectivity index (χ4v) is 2.58. The summed E-state index contributed by atoms with van der Waals surface area (Å²) in [4.78, 5) is 13.4. The molecule has 6 nitrogen and oxygen atoms in total. The van der Waals surface area contributed by atoms with Crippen molar-refractivity contribution in [1.29, 1.82) is 0 Å². The van der Waals surface area contributed by atoms with Crippen molar-refractivity contribution < 1.29 is 17.9 Å². The summed E-state index contributed by atoms with van der Waals surface area (Å²) in [5.41, 5.74) is 2.55. The highest BCUT2D eigenvalue weighted by molar-refractivity contribution is 7.89. The molecule has 0 atom stereocenters. The summed E-state index contributed by atoms with van der Waals surface area (Å²) in [6.07, 6.45) is 0. The van der Waals surface area contributed by atoms with Gasteiger partial charge in [0.2, 0.25) is 10.0 Å². The molecule has 0 aliphatic heterocycles. The van der Waals surface area contributed by atoms with E-state index < -0.39 is 16.0 Å². The molecule has 0 bridgehead atoms. The largest absolute Gasteiger partial charge is 0.468 e. The Morgan fingerprint density at radius 1 is 1.04 bits per heavy atom. The zero-order valence-electron chi connectivity index (χ0n) is 12.9. The Morgan fingerprint density at radius 2 is 1.52 bits per heavy atom. The molecule has 23 heavy (non-hydrogen) atoms. The summed E-state index contributed by atoms with van der Waals surface area (Å²) in [6.45, 7) is 1.98. The summed E-state index contributed by atoms with van der Waals surface area (Å²) in [6, 6.07) is 13.6. The Labute approximate surface area is 135 Å². The van der Waals surface area contributed by atoms with Crippen LogP contribution in [0.25, 0.3) is 0 Å². The number of nitrogens with zero attached hydrogens (tertiary/aromatic N) is 1. The Bertz CT molecular complexity index is 784. The van der Waals surface area contributed by atoms with Gasteiger partial charge in [-0.3, -0.25) is 4.79 Å². The average Bonchev–Trinajstić information content (AvgIpc) is 2.52. The molecule has 0 spiro atoms. The maximum atomic E-state index is 11.7. The van der Waals surface area contributed by atoms with Crippen molar-refractivity contribution in [3.05, 3.63) is 54.1 Å². The van der Waals surface area contributed by atoms with Gasteiger partial charge in [-0.1, -0.05) is 17.7 Å². The van der Waals surface area contributed by atoms with Crippen molar-refractivity contribution in [3.8, 4) is 0 Å². The summed E-state index contributed by atoms with van der Waals surface area (Å²) < 4.78 is 27.4. The number of carbonyl (C=O) groups is 1. The first-order valence-electron chi connectivity index (χ1n) is 6.85. The topological polar surface area (TPSA) is 89.7 Å². The number of aryl methyl sites for hydroxylation is 1. The number of anilines is 2. The molecular formula is C16H18N2O4S. The lowest BCUT2D eigenvalue weighted by Crippen LogP contribution is -2.26. The second kappa shape index (κ2) is 6.80. The highest BCUT2D eigenvalue weighted by Crippen LogP contribution is 2.26. The number of hydrogen-bond acceptors (Lipinski definition) is 5. The molecule has 0 saturated heterocycles. The highest BCUT2D eigenvalue weighted by Gasteiger charge is 2.15. The molecular weight excluding hydrogens is 316 g/mol. The van der Waals surface area contributed by atoms with Crippen molar-refractivity contribution in [1.82, 2.24) is 0 Å². The molecule has 0 heterocycles. The van der Waals surface area contributed by atoms with Crippen LogP contribution in [0.5, 0.6) is 0 Å². The van der Waals surface area contributed by atoms with Crippen molar-refractivity contribution in [2.24, 2.45) is 5.14 Å². The lowest BCUT2D eigenvalue weighted by molar-refractivity contribution is -0.138. The Morgan fingerprint density at radius 3 is 1.96 bits per heavy atom. The maximum absolute atomic E-state index is 11.7. The van der Waals surface area contributed by atoms with E-state index in [-0.39, 0.29) is 11.4 Å². The number of nitrogens with two attached hydrogens (primary N) is 1. The zero-order valence-corrected chi connectivity index (χ0v) is 13.7. The molecule has 0 aromatic heterocycles. The number of benzene rings is 2. The van der Waals surface area contributed by atoms with Crippen LogP contribution in [0, 0.1) is 6.92 Å².